The van der Waals surface area contributed by atoms with Gasteiger partial charge in [-0.1, -0.05) is 29.8 Å². The molecular weight excluding hydrogens is 457 g/mol. The van der Waals surface area contributed by atoms with Crippen LogP contribution in [0.25, 0.3) is 11.2 Å². The number of pyridine rings is 1. The lowest BCUT2D eigenvalue weighted by Crippen LogP contribution is -2.44. The van der Waals surface area contributed by atoms with Gasteiger partial charge in [-0.2, -0.15) is 0 Å². The standard InChI is InChI=1S/C28H28FN5O2/c1-18-7-9-20(10-8-18)16-34-25-24(6-3-13-30-25)31-26(28(34)36)33-14-4-5-21(17-33)27(35)32-23-12-11-22(29)15-19(23)2/h3,6-13,15,21H,4-5,14,16-17H2,1-2H3,(H,32,35). The second-order valence-electron chi connectivity index (χ2n) is 9.39. The quantitative estimate of drug-likeness (QED) is 0.452. The highest BCUT2D eigenvalue weighted by Crippen LogP contribution is 2.24. The molecule has 0 saturated carbocycles. The first-order chi connectivity index (χ1) is 17.4. The van der Waals surface area contributed by atoms with Gasteiger partial charge >= 0.3 is 0 Å². The second-order valence-corrected chi connectivity index (χ2v) is 9.39. The van der Waals surface area contributed by atoms with Gasteiger partial charge in [0.2, 0.25) is 5.91 Å². The molecule has 1 unspecified atom stereocenters. The molecule has 7 nitrogen and oxygen atoms in total. The molecule has 1 aliphatic heterocycles. The first kappa shape index (κ1) is 23.7. The molecule has 2 aromatic carbocycles. The van der Waals surface area contributed by atoms with Crippen LogP contribution in [0.4, 0.5) is 15.9 Å². The van der Waals surface area contributed by atoms with E-state index in [1.165, 1.54) is 12.1 Å². The van der Waals surface area contributed by atoms with E-state index in [4.69, 9.17) is 0 Å². The lowest BCUT2D eigenvalue weighted by molar-refractivity contribution is -0.120. The minimum absolute atomic E-state index is 0.142. The van der Waals surface area contributed by atoms with Crippen molar-refractivity contribution in [2.24, 2.45) is 5.92 Å². The number of nitrogens with zero attached hydrogens (tertiary/aromatic N) is 4. The van der Waals surface area contributed by atoms with Gasteiger partial charge in [0, 0.05) is 25.0 Å². The Kier molecular flexibility index (Phi) is 6.50. The molecule has 1 aliphatic rings. The summed E-state index contributed by atoms with van der Waals surface area (Å²) in [5.74, 6) is -0.470. The van der Waals surface area contributed by atoms with Crippen LogP contribution in [0.5, 0.6) is 0 Å². The van der Waals surface area contributed by atoms with Crippen LogP contribution < -0.4 is 15.8 Å². The van der Waals surface area contributed by atoms with Crippen molar-refractivity contribution in [3.8, 4) is 0 Å². The van der Waals surface area contributed by atoms with Gasteiger partial charge in [0.25, 0.3) is 5.56 Å². The lowest BCUT2D eigenvalue weighted by Gasteiger charge is -2.32. The number of benzene rings is 2. The van der Waals surface area contributed by atoms with Gasteiger partial charge in [-0.3, -0.25) is 14.2 Å². The monoisotopic (exact) mass is 485 g/mol. The van der Waals surface area contributed by atoms with Gasteiger partial charge in [0.1, 0.15) is 11.3 Å². The molecule has 36 heavy (non-hydrogen) atoms. The van der Waals surface area contributed by atoms with E-state index in [-0.39, 0.29) is 23.2 Å². The molecule has 1 fully saturated rings. The van der Waals surface area contributed by atoms with Crippen molar-refractivity contribution in [3.05, 3.63) is 93.7 Å². The first-order valence-corrected chi connectivity index (χ1v) is 12.1. The van der Waals surface area contributed by atoms with Crippen LogP contribution in [0.3, 0.4) is 0 Å². The van der Waals surface area contributed by atoms with Crippen molar-refractivity contribution in [1.29, 1.82) is 0 Å². The van der Waals surface area contributed by atoms with Crippen LogP contribution >= 0.6 is 0 Å². The van der Waals surface area contributed by atoms with Crippen LogP contribution in [0, 0.1) is 25.6 Å². The Morgan fingerprint density at radius 2 is 1.94 bits per heavy atom. The topological polar surface area (TPSA) is 80.1 Å². The SMILES string of the molecule is Cc1ccc(Cn2c(=O)c(N3CCCC(C(=O)Nc4ccc(F)cc4C)C3)nc3cccnc32)cc1. The van der Waals surface area contributed by atoms with Gasteiger partial charge in [0.05, 0.1) is 12.5 Å². The molecule has 0 aliphatic carbocycles. The highest BCUT2D eigenvalue weighted by molar-refractivity contribution is 5.93. The first-order valence-electron chi connectivity index (χ1n) is 12.1. The van der Waals surface area contributed by atoms with Crippen molar-refractivity contribution in [2.75, 3.05) is 23.3 Å². The van der Waals surface area contributed by atoms with E-state index in [0.29, 0.717) is 54.3 Å². The minimum atomic E-state index is -0.340. The summed E-state index contributed by atoms with van der Waals surface area (Å²) in [4.78, 5) is 37.8. The molecule has 1 saturated heterocycles. The number of halogens is 1. The van der Waals surface area contributed by atoms with Gasteiger partial charge in [-0.25, -0.2) is 14.4 Å². The van der Waals surface area contributed by atoms with Crippen LogP contribution in [-0.4, -0.2) is 33.5 Å². The number of carbonyl (C=O) groups excluding carboxylic acids is 1. The summed E-state index contributed by atoms with van der Waals surface area (Å²) >= 11 is 0. The maximum Gasteiger partial charge on any atom is 0.295 e. The van der Waals surface area contributed by atoms with Crippen LogP contribution in [0.1, 0.15) is 29.5 Å². The fourth-order valence-electron chi connectivity index (χ4n) is 4.68. The van der Waals surface area contributed by atoms with Crippen molar-refractivity contribution < 1.29 is 9.18 Å². The number of carbonyl (C=O) groups is 1. The van der Waals surface area contributed by atoms with E-state index in [9.17, 15) is 14.0 Å². The number of hydrogen-bond donors (Lipinski definition) is 1. The largest absolute Gasteiger partial charge is 0.351 e. The number of amides is 1. The van der Waals surface area contributed by atoms with E-state index in [1.54, 1.807) is 29.8 Å². The van der Waals surface area contributed by atoms with Gasteiger partial charge in [0.15, 0.2) is 11.5 Å². The second kappa shape index (κ2) is 9.89. The molecule has 3 heterocycles. The zero-order chi connectivity index (χ0) is 25.2. The van der Waals surface area contributed by atoms with Crippen molar-refractivity contribution in [2.45, 2.75) is 33.2 Å². The Labute approximate surface area is 208 Å². The number of aromatic nitrogens is 3. The average molecular weight is 486 g/mol. The summed E-state index contributed by atoms with van der Waals surface area (Å²) in [6.07, 6.45) is 3.12. The zero-order valence-corrected chi connectivity index (χ0v) is 20.4. The third-order valence-electron chi connectivity index (χ3n) is 6.68. The third-order valence-corrected chi connectivity index (χ3v) is 6.68. The maximum atomic E-state index is 13.7. The summed E-state index contributed by atoms with van der Waals surface area (Å²) in [5, 5.41) is 2.93. The Bertz CT molecular complexity index is 1480. The molecular formula is C28H28FN5O2. The number of nitrogens with one attached hydrogen (secondary N) is 1. The number of piperidine rings is 1. The number of rotatable bonds is 5. The lowest BCUT2D eigenvalue weighted by atomic mass is 9.97. The van der Waals surface area contributed by atoms with Gasteiger partial charge in [-0.15, -0.1) is 0 Å². The van der Waals surface area contributed by atoms with E-state index < -0.39 is 0 Å². The predicted octanol–water partition coefficient (Wildman–Crippen LogP) is 4.45. The summed E-state index contributed by atoms with van der Waals surface area (Å²) in [7, 11) is 0. The van der Waals surface area contributed by atoms with Gasteiger partial charge < -0.3 is 10.2 Å². The Morgan fingerprint density at radius 3 is 2.72 bits per heavy atom. The Morgan fingerprint density at radius 1 is 1.14 bits per heavy atom. The summed E-state index contributed by atoms with van der Waals surface area (Å²) in [6.45, 7) is 5.18. The fourth-order valence-corrected chi connectivity index (χ4v) is 4.68. The average Bonchev–Trinajstić information content (AvgIpc) is 2.88. The maximum absolute atomic E-state index is 13.7. The highest BCUT2D eigenvalue weighted by atomic mass is 19.1. The molecule has 0 spiro atoms. The molecule has 184 valence electrons. The number of aryl methyl sites for hydroxylation is 2. The third kappa shape index (κ3) is 4.84. The van der Waals surface area contributed by atoms with Crippen molar-refractivity contribution in [1.82, 2.24) is 14.5 Å². The molecule has 5 rings (SSSR count). The highest BCUT2D eigenvalue weighted by Gasteiger charge is 2.29. The van der Waals surface area contributed by atoms with Crippen molar-refractivity contribution >= 4 is 28.6 Å². The molecule has 1 N–H and O–H groups in total. The van der Waals surface area contributed by atoms with E-state index in [2.05, 4.69) is 15.3 Å². The van der Waals surface area contributed by atoms with E-state index in [1.807, 2.05) is 42.2 Å². The van der Waals surface area contributed by atoms with Crippen LogP contribution in [-0.2, 0) is 11.3 Å². The molecule has 2 aromatic heterocycles. The van der Waals surface area contributed by atoms with E-state index in [0.717, 1.165) is 17.5 Å². The molecule has 1 atom stereocenters. The molecule has 1 amide bonds. The number of hydrogen-bond acceptors (Lipinski definition) is 5. The Hall–Kier alpha value is -4.07. The molecule has 4 aromatic rings. The normalized spacial score (nSPS) is 15.8. The summed E-state index contributed by atoms with van der Waals surface area (Å²) in [5.41, 5.74) is 4.35. The summed E-state index contributed by atoms with van der Waals surface area (Å²) in [6, 6.07) is 16.0. The van der Waals surface area contributed by atoms with Crippen molar-refractivity contribution in [3.63, 3.8) is 0 Å². The number of fused-ring (bicyclic) bond motifs is 1. The van der Waals surface area contributed by atoms with Crippen LogP contribution in [0.2, 0.25) is 0 Å². The zero-order valence-electron chi connectivity index (χ0n) is 20.4. The smallest absolute Gasteiger partial charge is 0.295 e. The molecule has 8 heteroatoms. The van der Waals surface area contributed by atoms with Crippen LogP contribution in [0.15, 0.2) is 65.6 Å². The fraction of sp³-hybridized carbons (Fsp3) is 0.286. The van der Waals surface area contributed by atoms with Gasteiger partial charge in [-0.05, 0) is 68.1 Å². The molecule has 0 bridgehead atoms. The Balaban J connectivity index is 1.44. The summed E-state index contributed by atoms with van der Waals surface area (Å²) < 4.78 is 15.1. The van der Waals surface area contributed by atoms with E-state index >= 15 is 0 Å². The predicted molar refractivity (Wildman–Crippen MR) is 139 cm³/mol. The number of anilines is 2. The molecule has 0 radical (unpaired) electrons. The minimum Gasteiger partial charge on any atom is -0.351 e.